The minimum atomic E-state index is -0.242. The zero-order valence-electron chi connectivity index (χ0n) is 8.72. The summed E-state index contributed by atoms with van der Waals surface area (Å²) in [6, 6.07) is 4.82. The molecule has 0 aliphatic heterocycles. The molecule has 1 rings (SSSR count). The molecule has 0 radical (unpaired) electrons. The van der Waals surface area contributed by atoms with E-state index in [0.717, 1.165) is 17.5 Å². The monoisotopic (exact) mass is 275 g/mol. The standard InChI is InChI=1S/C11H15BrFNO/c1-2-6-15-7-5-14-11-8-9(12)3-4-10(11)13/h3-4,8,14H,2,5-7H2,1H3. The predicted molar refractivity (Wildman–Crippen MR) is 63.7 cm³/mol. The maximum absolute atomic E-state index is 13.2. The summed E-state index contributed by atoms with van der Waals surface area (Å²) in [5.41, 5.74) is 0.504. The molecule has 0 atom stereocenters. The van der Waals surface area contributed by atoms with Crippen LogP contribution in [0.4, 0.5) is 10.1 Å². The first-order chi connectivity index (χ1) is 7.24. The van der Waals surface area contributed by atoms with Crippen molar-refractivity contribution in [2.24, 2.45) is 0 Å². The molecule has 0 bridgehead atoms. The lowest BCUT2D eigenvalue weighted by molar-refractivity contribution is 0.144. The van der Waals surface area contributed by atoms with E-state index in [1.54, 1.807) is 12.1 Å². The van der Waals surface area contributed by atoms with Crippen molar-refractivity contribution in [3.05, 3.63) is 28.5 Å². The van der Waals surface area contributed by atoms with E-state index in [-0.39, 0.29) is 5.82 Å². The molecule has 0 amide bonds. The summed E-state index contributed by atoms with van der Waals surface area (Å²) < 4.78 is 19.4. The number of halogens is 2. The van der Waals surface area contributed by atoms with Crippen LogP contribution >= 0.6 is 15.9 Å². The minimum absolute atomic E-state index is 0.242. The summed E-state index contributed by atoms with van der Waals surface area (Å²) in [5.74, 6) is -0.242. The second-order valence-corrected chi connectivity index (χ2v) is 4.08. The van der Waals surface area contributed by atoms with Crippen LogP contribution < -0.4 is 5.32 Å². The van der Waals surface area contributed by atoms with Crippen molar-refractivity contribution in [2.45, 2.75) is 13.3 Å². The van der Waals surface area contributed by atoms with E-state index in [1.165, 1.54) is 6.07 Å². The van der Waals surface area contributed by atoms with E-state index in [1.807, 2.05) is 0 Å². The van der Waals surface area contributed by atoms with Gasteiger partial charge in [-0.25, -0.2) is 4.39 Å². The lowest BCUT2D eigenvalue weighted by atomic mass is 10.3. The SMILES string of the molecule is CCCOCCNc1cc(Br)ccc1F. The summed E-state index contributed by atoms with van der Waals surface area (Å²) in [7, 11) is 0. The molecule has 15 heavy (non-hydrogen) atoms. The molecule has 0 saturated carbocycles. The smallest absolute Gasteiger partial charge is 0.146 e. The van der Waals surface area contributed by atoms with Crippen molar-refractivity contribution in [3.63, 3.8) is 0 Å². The van der Waals surface area contributed by atoms with Crippen molar-refractivity contribution < 1.29 is 9.13 Å². The van der Waals surface area contributed by atoms with E-state index >= 15 is 0 Å². The number of rotatable bonds is 6. The second kappa shape index (κ2) is 6.80. The van der Waals surface area contributed by atoms with Crippen LogP contribution in [-0.2, 0) is 4.74 Å². The van der Waals surface area contributed by atoms with Crippen molar-refractivity contribution in [1.29, 1.82) is 0 Å². The Hall–Kier alpha value is -0.610. The van der Waals surface area contributed by atoms with Gasteiger partial charge in [-0.2, -0.15) is 0 Å². The van der Waals surface area contributed by atoms with Gasteiger partial charge in [-0.15, -0.1) is 0 Å². The molecule has 0 heterocycles. The molecule has 2 nitrogen and oxygen atoms in total. The van der Waals surface area contributed by atoms with Gasteiger partial charge in [-0.05, 0) is 24.6 Å². The van der Waals surface area contributed by atoms with Crippen LogP contribution in [0.5, 0.6) is 0 Å². The Morgan fingerprint density at radius 1 is 1.40 bits per heavy atom. The molecule has 0 saturated heterocycles. The van der Waals surface area contributed by atoms with Gasteiger partial charge in [0.05, 0.1) is 12.3 Å². The van der Waals surface area contributed by atoms with Crippen LogP contribution in [-0.4, -0.2) is 19.8 Å². The maximum atomic E-state index is 13.2. The van der Waals surface area contributed by atoms with Gasteiger partial charge in [0.2, 0.25) is 0 Å². The Morgan fingerprint density at radius 2 is 2.20 bits per heavy atom. The zero-order chi connectivity index (χ0) is 11.1. The van der Waals surface area contributed by atoms with Crippen LogP contribution in [0.2, 0.25) is 0 Å². The number of hydrogen-bond acceptors (Lipinski definition) is 2. The summed E-state index contributed by atoms with van der Waals surface area (Å²) in [5, 5.41) is 2.98. The summed E-state index contributed by atoms with van der Waals surface area (Å²) in [6.07, 6.45) is 1.01. The van der Waals surface area contributed by atoms with Gasteiger partial charge in [0.25, 0.3) is 0 Å². The zero-order valence-corrected chi connectivity index (χ0v) is 10.3. The third-order valence-electron chi connectivity index (χ3n) is 1.84. The third kappa shape index (κ3) is 4.62. The quantitative estimate of drug-likeness (QED) is 0.804. The molecule has 0 spiro atoms. The molecule has 1 aromatic carbocycles. The summed E-state index contributed by atoms with van der Waals surface area (Å²) >= 11 is 3.29. The topological polar surface area (TPSA) is 21.3 Å². The van der Waals surface area contributed by atoms with Crippen LogP contribution in [0.25, 0.3) is 0 Å². The fourth-order valence-electron chi connectivity index (χ4n) is 1.14. The van der Waals surface area contributed by atoms with Gasteiger partial charge < -0.3 is 10.1 Å². The average molecular weight is 276 g/mol. The number of ether oxygens (including phenoxy) is 1. The van der Waals surface area contributed by atoms with E-state index in [0.29, 0.717) is 18.8 Å². The number of benzene rings is 1. The molecule has 4 heteroatoms. The van der Waals surface area contributed by atoms with Crippen LogP contribution in [0.3, 0.4) is 0 Å². The van der Waals surface area contributed by atoms with Gasteiger partial charge in [-0.1, -0.05) is 22.9 Å². The van der Waals surface area contributed by atoms with Gasteiger partial charge >= 0.3 is 0 Å². The summed E-state index contributed by atoms with van der Waals surface area (Å²) in [6.45, 7) is 4.03. The fraction of sp³-hybridized carbons (Fsp3) is 0.455. The molecule has 0 fully saturated rings. The Morgan fingerprint density at radius 3 is 2.93 bits per heavy atom. The highest BCUT2D eigenvalue weighted by molar-refractivity contribution is 9.10. The fourth-order valence-corrected chi connectivity index (χ4v) is 1.50. The normalized spacial score (nSPS) is 10.3. The Labute approximate surface area is 98.0 Å². The first kappa shape index (κ1) is 12.5. The number of nitrogens with one attached hydrogen (secondary N) is 1. The van der Waals surface area contributed by atoms with E-state index in [2.05, 4.69) is 28.2 Å². The van der Waals surface area contributed by atoms with E-state index in [9.17, 15) is 4.39 Å². The van der Waals surface area contributed by atoms with Crippen LogP contribution in [0, 0.1) is 5.82 Å². The molecular formula is C11H15BrFNO. The average Bonchev–Trinajstić information content (AvgIpc) is 2.23. The van der Waals surface area contributed by atoms with Crippen molar-refractivity contribution >= 4 is 21.6 Å². The highest BCUT2D eigenvalue weighted by Gasteiger charge is 2.01. The van der Waals surface area contributed by atoms with Gasteiger partial charge in [-0.3, -0.25) is 0 Å². The van der Waals surface area contributed by atoms with Crippen LogP contribution in [0.15, 0.2) is 22.7 Å². The molecule has 1 aromatic rings. The van der Waals surface area contributed by atoms with Gasteiger partial charge in [0, 0.05) is 17.6 Å². The second-order valence-electron chi connectivity index (χ2n) is 3.16. The van der Waals surface area contributed by atoms with Crippen molar-refractivity contribution in [1.82, 2.24) is 0 Å². The first-order valence-corrected chi connectivity index (χ1v) is 5.80. The molecule has 0 aliphatic carbocycles. The van der Waals surface area contributed by atoms with Gasteiger partial charge in [0.1, 0.15) is 5.82 Å². The predicted octanol–water partition coefficient (Wildman–Crippen LogP) is 3.43. The molecule has 84 valence electrons. The van der Waals surface area contributed by atoms with E-state index in [4.69, 9.17) is 4.74 Å². The highest BCUT2D eigenvalue weighted by Crippen LogP contribution is 2.19. The summed E-state index contributed by atoms with van der Waals surface area (Å²) in [4.78, 5) is 0. The lowest BCUT2D eigenvalue weighted by Gasteiger charge is -2.08. The largest absolute Gasteiger partial charge is 0.380 e. The number of hydrogen-bond donors (Lipinski definition) is 1. The van der Waals surface area contributed by atoms with Gasteiger partial charge in [0.15, 0.2) is 0 Å². The Bertz CT molecular complexity index is 307. The Balaban J connectivity index is 2.33. The van der Waals surface area contributed by atoms with Crippen LogP contribution in [0.1, 0.15) is 13.3 Å². The van der Waals surface area contributed by atoms with Crippen molar-refractivity contribution in [2.75, 3.05) is 25.1 Å². The first-order valence-electron chi connectivity index (χ1n) is 5.00. The maximum Gasteiger partial charge on any atom is 0.146 e. The lowest BCUT2D eigenvalue weighted by Crippen LogP contribution is -2.10. The third-order valence-corrected chi connectivity index (χ3v) is 2.33. The molecule has 1 N–H and O–H groups in total. The Kier molecular flexibility index (Phi) is 5.65. The van der Waals surface area contributed by atoms with Crippen molar-refractivity contribution in [3.8, 4) is 0 Å². The minimum Gasteiger partial charge on any atom is -0.380 e. The molecule has 0 unspecified atom stereocenters. The highest BCUT2D eigenvalue weighted by atomic mass is 79.9. The molecular weight excluding hydrogens is 261 g/mol. The molecule has 0 aliphatic rings. The molecule has 0 aromatic heterocycles. The van der Waals surface area contributed by atoms with E-state index < -0.39 is 0 Å². The number of anilines is 1.